The molecule has 4 aliphatic rings. The first-order valence-corrected chi connectivity index (χ1v) is 23.0. The number of benzene rings is 3. The van der Waals surface area contributed by atoms with Gasteiger partial charge >= 0.3 is 12.2 Å². The first kappa shape index (κ1) is 44.1. The van der Waals surface area contributed by atoms with Crippen molar-refractivity contribution in [3.8, 4) is 28.1 Å². The van der Waals surface area contributed by atoms with Gasteiger partial charge in [-0.05, 0) is 124 Å². The molecule has 3 saturated heterocycles. The Morgan fingerprint density at radius 2 is 1.46 bits per heavy atom. The minimum Gasteiger partial charge on any atom is -0.488 e. The predicted molar refractivity (Wildman–Crippen MR) is 244 cm³/mol. The van der Waals surface area contributed by atoms with Crippen LogP contribution in [-0.4, -0.2) is 104 Å². The number of hydrogen-bond acceptors (Lipinski definition) is 10. The van der Waals surface area contributed by atoms with Crippen LogP contribution in [0.4, 0.5) is 9.59 Å². The number of methoxy groups -OCH3 is 2. The number of fused-ring (bicyclic) bond motifs is 6. The van der Waals surface area contributed by atoms with Gasteiger partial charge in [0.15, 0.2) is 0 Å². The van der Waals surface area contributed by atoms with E-state index in [1.54, 1.807) is 0 Å². The molecular formula is C49H60N8O8. The molecule has 3 fully saturated rings. The molecule has 344 valence electrons. The number of ether oxygens (including phenoxy) is 4. The van der Waals surface area contributed by atoms with Crippen LogP contribution in [0.15, 0.2) is 48.7 Å². The van der Waals surface area contributed by atoms with Gasteiger partial charge in [0.2, 0.25) is 11.8 Å². The second kappa shape index (κ2) is 17.7. The highest BCUT2D eigenvalue weighted by Gasteiger charge is 2.45. The molecule has 16 nitrogen and oxygen atoms in total. The van der Waals surface area contributed by atoms with Crippen molar-refractivity contribution in [1.82, 2.24) is 40.4 Å². The SMILES string of the molecule is COC(=O)N[C@H](C(=O)N1[C@@H](C)CC[C@H]1c1ncc(-c2ccc3c(c2)COc2cc4c(ccc5nc([C@@H]6CC[C@H](C)N6C(=O)[C@H](NC(=O)OC)[C@H]6C[C@@H](C)O[C@@H](C)C6)[nH]c54)cc2-3)[nH]1)C(C)C. The molecule has 65 heavy (non-hydrogen) atoms. The van der Waals surface area contributed by atoms with E-state index >= 15 is 0 Å². The minimum atomic E-state index is -0.755. The number of alkyl carbamates (subject to hydrolysis) is 2. The molecule has 4 amide bonds. The van der Waals surface area contributed by atoms with E-state index in [0.717, 1.165) is 81.2 Å². The number of carbonyl (C=O) groups excluding carboxylic acids is 4. The van der Waals surface area contributed by atoms with Gasteiger partial charge in [-0.1, -0.05) is 32.0 Å². The molecule has 0 radical (unpaired) electrons. The topological polar surface area (TPSA) is 193 Å². The summed E-state index contributed by atoms with van der Waals surface area (Å²) in [6.07, 6.45) is 4.91. The van der Waals surface area contributed by atoms with Gasteiger partial charge < -0.3 is 49.3 Å². The average Bonchev–Trinajstić information content (AvgIpc) is 4.11. The highest BCUT2D eigenvalue weighted by Crippen LogP contribution is 2.44. The molecular weight excluding hydrogens is 829 g/mol. The van der Waals surface area contributed by atoms with Crippen LogP contribution in [0.1, 0.15) is 109 Å². The lowest BCUT2D eigenvalue weighted by Crippen LogP contribution is -2.55. The minimum absolute atomic E-state index is 0.0193. The summed E-state index contributed by atoms with van der Waals surface area (Å²) in [5, 5.41) is 7.62. The van der Waals surface area contributed by atoms with Crippen LogP contribution in [-0.2, 0) is 30.4 Å². The van der Waals surface area contributed by atoms with E-state index in [1.165, 1.54) is 14.2 Å². The van der Waals surface area contributed by atoms with Crippen LogP contribution in [0.3, 0.4) is 0 Å². The third kappa shape index (κ3) is 8.25. The van der Waals surface area contributed by atoms with E-state index in [-0.39, 0.29) is 60.0 Å². The summed E-state index contributed by atoms with van der Waals surface area (Å²) in [5.41, 5.74) is 6.58. The summed E-state index contributed by atoms with van der Waals surface area (Å²) in [5.74, 6) is 1.67. The van der Waals surface area contributed by atoms with E-state index in [9.17, 15) is 19.2 Å². The Balaban J connectivity index is 0.965. The van der Waals surface area contributed by atoms with Crippen molar-refractivity contribution in [3.05, 3.63) is 65.9 Å². The Morgan fingerprint density at radius 3 is 2.15 bits per heavy atom. The zero-order valence-electron chi connectivity index (χ0n) is 38.4. The number of hydrogen-bond donors (Lipinski definition) is 4. The number of nitrogens with zero attached hydrogens (tertiary/aromatic N) is 4. The molecule has 16 heteroatoms. The van der Waals surface area contributed by atoms with Crippen molar-refractivity contribution < 1.29 is 38.1 Å². The summed E-state index contributed by atoms with van der Waals surface area (Å²) >= 11 is 0. The Morgan fingerprint density at radius 1 is 0.785 bits per heavy atom. The zero-order valence-corrected chi connectivity index (χ0v) is 38.4. The van der Waals surface area contributed by atoms with Gasteiger partial charge in [-0.3, -0.25) is 9.59 Å². The van der Waals surface area contributed by atoms with Crippen LogP contribution in [0.25, 0.3) is 44.2 Å². The number of imidazole rings is 2. The smallest absolute Gasteiger partial charge is 0.407 e. The molecule has 9 rings (SSSR count). The highest BCUT2D eigenvalue weighted by molar-refractivity contribution is 6.07. The van der Waals surface area contributed by atoms with Crippen LogP contribution in [0, 0.1) is 11.8 Å². The molecule has 0 bridgehead atoms. The fourth-order valence-corrected chi connectivity index (χ4v) is 10.9. The summed E-state index contributed by atoms with van der Waals surface area (Å²) < 4.78 is 22.3. The molecule has 2 aromatic heterocycles. The number of nitrogens with one attached hydrogen (secondary N) is 4. The number of rotatable bonds is 9. The van der Waals surface area contributed by atoms with Crippen molar-refractivity contribution in [1.29, 1.82) is 0 Å². The maximum Gasteiger partial charge on any atom is 0.407 e. The summed E-state index contributed by atoms with van der Waals surface area (Å²) in [7, 11) is 2.61. The van der Waals surface area contributed by atoms with Crippen LogP contribution < -0.4 is 15.4 Å². The lowest BCUT2D eigenvalue weighted by atomic mass is 9.85. The lowest BCUT2D eigenvalue weighted by Gasteiger charge is -2.39. The molecule has 4 aliphatic heterocycles. The van der Waals surface area contributed by atoms with Crippen molar-refractivity contribution >= 4 is 45.8 Å². The molecule has 0 aliphatic carbocycles. The Bertz CT molecular complexity index is 2630. The summed E-state index contributed by atoms with van der Waals surface area (Å²) in [4.78, 5) is 74.0. The normalized spacial score (nSPS) is 24.9. The first-order chi connectivity index (χ1) is 31.2. The maximum absolute atomic E-state index is 14.6. The Hall–Kier alpha value is -6.16. The van der Waals surface area contributed by atoms with Gasteiger partial charge in [-0.15, -0.1) is 0 Å². The van der Waals surface area contributed by atoms with Crippen LogP contribution in [0.2, 0.25) is 0 Å². The van der Waals surface area contributed by atoms with Gasteiger partial charge in [-0.25, -0.2) is 19.6 Å². The van der Waals surface area contributed by atoms with Crippen molar-refractivity contribution in [3.63, 3.8) is 0 Å². The maximum atomic E-state index is 14.6. The van der Waals surface area contributed by atoms with E-state index in [0.29, 0.717) is 31.1 Å². The second-order valence-electron chi connectivity index (χ2n) is 18.8. The van der Waals surface area contributed by atoms with E-state index in [2.05, 4.69) is 63.9 Å². The van der Waals surface area contributed by atoms with Crippen molar-refractivity contribution in [2.75, 3.05) is 14.2 Å². The van der Waals surface area contributed by atoms with Crippen LogP contribution in [0.5, 0.6) is 5.75 Å². The Kier molecular flexibility index (Phi) is 12.0. The molecule has 3 aromatic carbocycles. The Labute approximate surface area is 378 Å². The monoisotopic (exact) mass is 888 g/mol. The second-order valence-corrected chi connectivity index (χ2v) is 18.8. The van der Waals surface area contributed by atoms with Crippen LogP contribution >= 0.6 is 0 Å². The number of H-pyrrole nitrogens is 2. The van der Waals surface area contributed by atoms with Crippen molar-refractivity contribution in [2.24, 2.45) is 11.8 Å². The number of carbonyl (C=O) groups is 4. The van der Waals surface area contributed by atoms with Gasteiger partial charge in [0, 0.05) is 23.0 Å². The highest BCUT2D eigenvalue weighted by atomic mass is 16.5. The molecule has 5 aromatic rings. The molecule has 0 saturated carbocycles. The quantitative estimate of drug-likeness (QED) is 0.112. The van der Waals surface area contributed by atoms with Gasteiger partial charge in [0.1, 0.15) is 36.1 Å². The summed E-state index contributed by atoms with van der Waals surface area (Å²) in [6.45, 7) is 12.3. The molecule has 0 unspecified atom stereocenters. The average molecular weight is 889 g/mol. The predicted octanol–water partition coefficient (Wildman–Crippen LogP) is 8.08. The molecule has 0 spiro atoms. The number of aromatic amines is 2. The molecule has 4 N–H and O–H groups in total. The van der Waals surface area contributed by atoms with E-state index in [4.69, 9.17) is 28.9 Å². The van der Waals surface area contributed by atoms with Crippen molar-refractivity contribution in [2.45, 2.75) is 135 Å². The zero-order chi connectivity index (χ0) is 45.8. The van der Waals surface area contributed by atoms with E-state index < -0.39 is 24.3 Å². The van der Waals surface area contributed by atoms with Gasteiger partial charge in [0.25, 0.3) is 0 Å². The first-order valence-electron chi connectivity index (χ1n) is 23.0. The standard InChI is InChI=1S/C49H60N8O8/c1-24(2)41(54-48(60)62-7)46(58)56-25(3)9-15-38(56)44-50-22-37(52-44)30-11-13-33-32(19-30)23-64-40-21-34-29(20-35(33)40)12-14-36-43(34)53-45(51-36)39-16-10-26(4)57(39)47(59)42(55-49(61)63-8)31-17-27(5)65-28(6)18-31/h11-14,19-22,24-28,31,38-39,41-42H,9-10,15-18,23H2,1-8H3,(H,50,52)(H,51,53)(H,54,60)(H,55,61)/t25-,26-,27-,28+,31+,38-,39-,41-,42+/m0/s1. The largest absolute Gasteiger partial charge is 0.488 e. The molecule has 6 heterocycles. The summed E-state index contributed by atoms with van der Waals surface area (Å²) in [6, 6.07) is 12.6. The van der Waals surface area contributed by atoms with Gasteiger partial charge in [-0.2, -0.15) is 0 Å². The van der Waals surface area contributed by atoms with E-state index in [1.807, 2.05) is 56.7 Å². The lowest BCUT2D eigenvalue weighted by molar-refractivity contribution is -0.140. The molecule has 9 atom stereocenters. The third-order valence-electron chi connectivity index (χ3n) is 14.1. The fourth-order valence-electron chi connectivity index (χ4n) is 10.9. The number of amides is 4. The van der Waals surface area contributed by atoms with Gasteiger partial charge in [0.05, 0.1) is 61.4 Å². The third-order valence-corrected chi connectivity index (χ3v) is 14.1. The number of aromatic nitrogens is 4. The fraction of sp³-hybridized carbons (Fsp3) is 0.510. The number of likely N-dealkylation sites (tertiary alicyclic amines) is 2.